The number of rotatable bonds is 6. The summed E-state index contributed by atoms with van der Waals surface area (Å²) in [6.07, 6.45) is -0.775. The topological polar surface area (TPSA) is 75.8 Å². The van der Waals surface area contributed by atoms with Crippen LogP contribution in [-0.2, 0) is 4.74 Å². The molecule has 0 unspecified atom stereocenters. The Kier molecular flexibility index (Phi) is 5.83. The van der Waals surface area contributed by atoms with Gasteiger partial charge in [-0.1, -0.05) is 0 Å². The molecule has 1 rings (SSSR count). The van der Waals surface area contributed by atoms with E-state index in [0.717, 1.165) is 0 Å². The van der Waals surface area contributed by atoms with E-state index in [2.05, 4.69) is 0 Å². The molecular formula is C15H24N2O4. The van der Waals surface area contributed by atoms with Crippen molar-refractivity contribution in [3.8, 4) is 0 Å². The van der Waals surface area contributed by atoms with Crippen LogP contribution in [0.2, 0.25) is 0 Å². The number of aliphatic hydroxyl groups excluding tert-OH is 1. The van der Waals surface area contributed by atoms with Crippen molar-refractivity contribution in [3.05, 3.63) is 39.9 Å². The SMILES string of the molecule is CN(C)[C@@H](COC(C)(C)C)[C@@H](O)c1ccc([N+](=O)[O-])cc1. The highest BCUT2D eigenvalue weighted by molar-refractivity contribution is 5.34. The molecule has 21 heavy (non-hydrogen) atoms. The Labute approximate surface area is 125 Å². The summed E-state index contributed by atoms with van der Waals surface area (Å²) >= 11 is 0. The number of benzene rings is 1. The summed E-state index contributed by atoms with van der Waals surface area (Å²) in [6.45, 7) is 6.24. The largest absolute Gasteiger partial charge is 0.387 e. The second kappa shape index (κ2) is 6.98. The molecule has 0 aliphatic heterocycles. The first-order valence-electron chi connectivity index (χ1n) is 6.84. The third-order valence-electron chi connectivity index (χ3n) is 3.16. The molecule has 0 saturated carbocycles. The third-order valence-corrected chi connectivity index (χ3v) is 3.16. The van der Waals surface area contributed by atoms with Gasteiger partial charge < -0.3 is 14.7 Å². The molecule has 0 spiro atoms. The maximum Gasteiger partial charge on any atom is 0.269 e. The Hall–Kier alpha value is -1.50. The summed E-state index contributed by atoms with van der Waals surface area (Å²) in [5.41, 5.74) is 0.360. The van der Waals surface area contributed by atoms with E-state index >= 15 is 0 Å². The molecule has 118 valence electrons. The molecule has 1 N–H and O–H groups in total. The van der Waals surface area contributed by atoms with E-state index in [4.69, 9.17) is 4.74 Å². The van der Waals surface area contributed by atoms with Crippen molar-refractivity contribution >= 4 is 5.69 Å². The van der Waals surface area contributed by atoms with Gasteiger partial charge >= 0.3 is 0 Å². The second-order valence-electron chi connectivity index (χ2n) is 6.25. The lowest BCUT2D eigenvalue weighted by Gasteiger charge is -2.32. The highest BCUT2D eigenvalue weighted by atomic mass is 16.6. The van der Waals surface area contributed by atoms with Crippen molar-refractivity contribution in [2.45, 2.75) is 38.5 Å². The minimum absolute atomic E-state index is 0.0123. The first-order valence-corrected chi connectivity index (χ1v) is 6.84. The van der Waals surface area contributed by atoms with E-state index in [1.807, 2.05) is 39.8 Å². The summed E-state index contributed by atoms with van der Waals surface area (Å²) in [6, 6.07) is 5.73. The fourth-order valence-electron chi connectivity index (χ4n) is 1.87. The number of ether oxygens (including phenoxy) is 1. The minimum atomic E-state index is -0.775. The monoisotopic (exact) mass is 296 g/mol. The normalized spacial score (nSPS) is 15.0. The van der Waals surface area contributed by atoms with E-state index in [0.29, 0.717) is 12.2 Å². The number of nitro groups is 1. The Bertz CT molecular complexity index is 466. The lowest BCUT2D eigenvalue weighted by atomic mass is 10.0. The van der Waals surface area contributed by atoms with Gasteiger partial charge in [0.25, 0.3) is 5.69 Å². The van der Waals surface area contributed by atoms with Crippen LogP contribution >= 0.6 is 0 Å². The van der Waals surface area contributed by atoms with Crippen LogP contribution in [0.4, 0.5) is 5.69 Å². The van der Waals surface area contributed by atoms with Crippen LogP contribution in [-0.4, -0.2) is 47.3 Å². The zero-order chi connectivity index (χ0) is 16.2. The lowest BCUT2D eigenvalue weighted by molar-refractivity contribution is -0.384. The van der Waals surface area contributed by atoms with E-state index in [-0.39, 0.29) is 17.3 Å². The van der Waals surface area contributed by atoms with Crippen molar-refractivity contribution in [3.63, 3.8) is 0 Å². The fraction of sp³-hybridized carbons (Fsp3) is 0.600. The van der Waals surface area contributed by atoms with Crippen LogP contribution in [0.5, 0.6) is 0 Å². The van der Waals surface area contributed by atoms with E-state index in [1.165, 1.54) is 12.1 Å². The van der Waals surface area contributed by atoms with Gasteiger partial charge in [0.05, 0.1) is 29.3 Å². The number of likely N-dealkylation sites (N-methyl/N-ethyl adjacent to an activating group) is 1. The lowest BCUT2D eigenvalue weighted by Crippen LogP contribution is -2.40. The summed E-state index contributed by atoms with van der Waals surface area (Å²) < 4.78 is 5.75. The van der Waals surface area contributed by atoms with Gasteiger partial charge in [0.1, 0.15) is 0 Å². The highest BCUT2D eigenvalue weighted by Crippen LogP contribution is 2.23. The Morgan fingerprint density at radius 2 is 1.81 bits per heavy atom. The maximum absolute atomic E-state index is 10.7. The maximum atomic E-state index is 10.7. The highest BCUT2D eigenvalue weighted by Gasteiger charge is 2.25. The first-order chi connectivity index (χ1) is 9.61. The number of nitrogens with zero attached hydrogens (tertiary/aromatic N) is 2. The van der Waals surface area contributed by atoms with Gasteiger partial charge in [-0.15, -0.1) is 0 Å². The molecule has 0 heterocycles. The molecule has 0 amide bonds. The van der Waals surface area contributed by atoms with Gasteiger partial charge in [0.15, 0.2) is 0 Å². The molecule has 2 atom stereocenters. The van der Waals surface area contributed by atoms with E-state index in [9.17, 15) is 15.2 Å². The van der Waals surface area contributed by atoms with Gasteiger partial charge in [-0.25, -0.2) is 0 Å². The average Bonchev–Trinajstić information content (AvgIpc) is 2.37. The molecule has 0 saturated heterocycles. The summed E-state index contributed by atoms with van der Waals surface area (Å²) in [5.74, 6) is 0. The predicted octanol–water partition coefficient (Wildman–Crippen LogP) is 2.37. The van der Waals surface area contributed by atoms with Crippen molar-refractivity contribution in [1.82, 2.24) is 4.90 Å². The average molecular weight is 296 g/mol. The summed E-state index contributed by atoms with van der Waals surface area (Å²) in [7, 11) is 3.73. The second-order valence-corrected chi connectivity index (χ2v) is 6.25. The van der Waals surface area contributed by atoms with Crippen molar-refractivity contribution < 1.29 is 14.8 Å². The molecule has 6 nitrogen and oxygen atoms in total. The minimum Gasteiger partial charge on any atom is -0.387 e. The summed E-state index contributed by atoms with van der Waals surface area (Å²) in [4.78, 5) is 12.1. The molecule has 1 aromatic carbocycles. The fourth-order valence-corrected chi connectivity index (χ4v) is 1.87. The van der Waals surface area contributed by atoms with Crippen molar-refractivity contribution in [2.75, 3.05) is 20.7 Å². The van der Waals surface area contributed by atoms with Gasteiger partial charge in [-0.3, -0.25) is 10.1 Å². The molecule has 1 aromatic rings. The van der Waals surface area contributed by atoms with Gasteiger partial charge in [0.2, 0.25) is 0 Å². The number of aliphatic hydroxyl groups is 1. The van der Waals surface area contributed by atoms with Gasteiger partial charge in [0, 0.05) is 12.1 Å². The molecule has 0 aromatic heterocycles. The number of hydrogen-bond donors (Lipinski definition) is 1. The van der Waals surface area contributed by atoms with Crippen molar-refractivity contribution in [1.29, 1.82) is 0 Å². The van der Waals surface area contributed by atoms with Crippen LogP contribution in [0.3, 0.4) is 0 Å². The van der Waals surface area contributed by atoms with E-state index < -0.39 is 11.0 Å². The van der Waals surface area contributed by atoms with Gasteiger partial charge in [-0.2, -0.15) is 0 Å². The Morgan fingerprint density at radius 1 is 1.29 bits per heavy atom. The molecule has 6 heteroatoms. The van der Waals surface area contributed by atoms with E-state index in [1.54, 1.807) is 12.1 Å². The molecule has 0 aliphatic rings. The molecular weight excluding hydrogens is 272 g/mol. The van der Waals surface area contributed by atoms with Crippen LogP contribution in [0.1, 0.15) is 32.4 Å². The number of hydrogen-bond acceptors (Lipinski definition) is 5. The van der Waals surface area contributed by atoms with Crippen molar-refractivity contribution in [2.24, 2.45) is 0 Å². The Morgan fingerprint density at radius 3 is 2.19 bits per heavy atom. The summed E-state index contributed by atoms with van der Waals surface area (Å²) in [5, 5.41) is 21.1. The number of non-ortho nitro benzene ring substituents is 1. The van der Waals surface area contributed by atoms with Crippen LogP contribution in [0.25, 0.3) is 0 Å². The smallest absolute Gasteiger partial charge is 0.269 e. The molecule has 0 fully saturated rings. The predicted molar refractivity (Wildman–Crippen MR) is 81.2 cm³/mol. The zero-order valence-electron chi connectivity index (χ0n) is 13.2. The molecule has 0 aliphatic carbocycles. The number of nitro benzene ring substituents is 1. The zero-order valence-corrected chi connectivity index (χ0v) is 13.2. The molecule has 0 radical (unpaired) electrons. The quantitative estimate of drug-likeness (QED) is 0.644. The third kappa shape index (κ3) is 5.41. The van der Waals surface area contributed by atoms with Crippen LogP contribution < -0.4 is 0 Å². The molecule has 0 bridgehead atoms. The Balaban J connectivity index is 2.85. The van der Waals surface area contributed by atoms with Crippen LogP contribution in [0, 0.1) is 10.1 Å². The standard InChI is InChI=1S/C15H24N2O4/c1-15(2,3)21-10-13(16(4)5)14(18)11-6-8-12(9-7-11)17(19)20/h6-9,13-14,18H,10H2,1-5H3/t13-,14-/m0/s1. The van der Waals surface area contributed by atoms with Crippen LogP contribution in [0.15, 0.2) is 24.3 Å². The van der Waals surface area contributed by atoms with Gasteiger partial charge in [-0.05, 0) is 52.6 Å². The first kappa shape index (κ1) is 17.6.